The van der Waals surface area contributed by atoms with Gasteiger partial charge in [0.15, 0.2) is 0 Å². The number of benzene rings is 1. The van der Waals surface area contributed by atoms with Crippen molar-refractivity contribution < 1.29 is 9.18 Å². The Labute approximate surface area is 180 Å². The lowest BCUT2D eigenvalue weighted by Gasteiger charge is -2.39. The summed E-state index contributed by atoms with van der Waals surface area (Å²) in [6.45, 7) is 5.99. The lowest BCUT2D eigenvalue weighted by atomic mass is 9.84. The third kappa shape index (κ3) is 6.21. The summed E-state index contributed by atoms with van der Waals surface area (Å²) in [6, 6.07) is 6.72. The van der Waals surface area contributed by atoms with E-state index in [9.17, 15) is 9.18 Å². The van der Waals surface area contributed by atoms with Gasteiger partial charge in [0.25, 0.3) is 0 Å². The van der Waals surface area contributed by atoms with Crippen molar-refractivity contribution in [1.82, 2.24) is 10.2 Å². The Bertz CT molecular complexity index is 596. The lowest BCUT2D eigenvalue weighted by molar-refractivity contribution is -0.127. The summed E-state index contributed by atoms with van der Waals surface area (Å²) in [7, 11) is 0. The molecule has 2 fully saturated rings. The lowest BCUT2D eigenvalue weighted by Crippen LogP contribution is -2.56. The summed E-state index contributed by atoms with van der Waals surface area (Å²) >= 11 is 0. The summed E-state index contributed by atoms with van der Waals surface area (Å²) < 4.78 is 13.1. The highest BCUT2D eigenvalue weighted by Gasteiger charge is 2.30. The molecule has 3 rings (SSSR count). The van der Waals surface area contributed by atoms with Crippen LogP contribution in [-0.2, 0) is 4.79 Å². The molecule has 1 aromatic carbocycles. The predicted molar refractivity (Wildman–Crippen MR) is 117 cm³/mol. The topological polar surface area (TPSA) is 61.6 Å². The molecule has 1 aliphatic heterocycles. The first-order chi connectivity index (χ1) is 12.6. The molecule has 0 radical (unpaired) electrons. The maximum absolute atomic E-state index is 13.1. The number of carbonyl (C=O) groups is 1. The van der Waals surface area contributed by atoms with Crippen LogP contribution in [0.25, 0.3) is 0 Å². The first-order valence-electron chi connectivity index (χ1n) is 9.83. The summed E-state index contributed by atoms with van der Waals surface area (Å²) in [4.78, 5) is 17.2. The van der Waals surface area contributed by atoms with E-state index in [0.29, 0.717) is 12.5 Å². The Morgan fingerprint density at radius 3 is 2.36 bits per heavy atom. The third-order valence-electron chi connectivity index (χ3n) is 5.97. The number of rotatable bonds is 5. The second-order valence-corrected chi connectivity index (χ2v) is 7.57. The molecule has 1 heterocycles. The second-order valence-electron chi connectivity index (χ2n) is 7.57. The number of piperazine rings is 1. The Kier molecular flexibility index (Phi) is 10.5. The van der Waals surface area contributed by atoms with Crippen LogP contribution in [-0.4, -0.2) is 55.6 Å². The molecule has 8 heteroatoms. The van der Waals surface area contributed by atoms with Crippen molar-refractivity contribution in [3.05, 3.63) is 30.1 Å². The quantitative estimate of drug-likeness (QED) is 0.747. The van der Waals surface area contributed by atoms with Crippen molar-refractivity contribution in [2.45, 2.75) is 44.7 Å². The van der Waals surface area contributed by atoms with Crippen LogP contribution >= 0.6 is 24.8 Å². The van der Waals surface area contributed by atoms with E-state index in [4.69, 9.17) is 5.73 Å². The van der Waals surface area contributed by atoms with Gasteiger partial charge in [-0.25, -0.2) is 4.39 Å². The molecule has 160 valence electrons. The van der Waals surface area contributed by atoms with Crippen LogP contribution in [0, 0.1) is 11.7 Å². The van der Waals surface area contributed by atoms with Crippen LogP contribution in [0.2, 0.25) is 0 Å². The molecule has 0 bridgehead atoms. The van der Waals surface area contributed by atoms with Gasteiger partial charge in [-0.1, -0.05) is 12.8 Å². The molecule has 1 aliphatic carbocycles. The van der Waals surface area contributed by atoms with E-state index < -0.39 is 0 Å². The number of hydrogen-bond donors (Lipinski definition) is 2. The second kappa shape index (κ2) is 11.8. The Hall–Kier alpha value is -1.08. The number of anilines is 1. The molecule has 3 unspecified atom stereocenters. The molecule has 1 saturated carbocycles. The molecule has 0 aromatic heterocycles. The van der Waals surface area contributed by atoms with Crippen LogP contribution in [0.3, 0.4) is 0 Å². The van der Waals surface area contributed by atoms with Gasteiger partial charge in [-0.3, -0.25) is 9.69 Å². The first-order valence-corrected chi connectivity index (χ1v) is 9.83. The highest BCUT2D eigenvalue weighted by molar-refractivity contribution is 5.85. The van der Waals surface area contributed by atoms with Crippen molar-refractivity contribution in [3.63, 3.8) is 0 Å². The number of hydrogen-bond acceptors (Lipinski definition) is 4. The van der Waals surface area contributed by atoms with E-state index in [-0.39, 0.29) is 48.6 Å². The van der Waals surface area contributed by atoms with Crippen LogP contribution in [0.15, 0.2) is 24.3 Å². The van der Waals surface area contributed by atoms with Gasteiger partial charge in [0.05, 0.1) is 6.04 Å². The molecule has 3 N–H and O–H groups in total. The minimum absolute atomic E-state index is 0. The van der Waals surface area contributed by atoms with Gasteiger partial charge < -0.3 is 16.0 Å². The minimum Gasteiger partial charge on any atom is -0.369 e. The average molecular weight is 435 g/mol. The molecule has 5 nitrogen and oxygen atoms in total. The van der Waals surface area contributed by atoms with Crippen molar-refractivity contribution in [1.29, 1.82) is 0 Å². The van der Waals surface area contributed by atoms with Crippen LogP contribution in [0.4, 0.5) is 10.1 Å². The summed E-state index contributed by atoms with van der Waals surface area (Å²) in [5.41, 5.74) is 6.92. The number of halogens is 3. The van der Waals surface area contributed by atoms with E-state index in [1.807, 2.05) is 19.1 Å². The Morgan fingerprint density at radius 2 is 1.75 bits per heavy atom. The summed E-state index contributed by atoms with van der Waals surface area (Å²) in [5.74, 6) is 0.317. The fraction of sp³-hybridized carbons (Fsp3) is 0.650. The van der Waals surface area contributed by atoms with E-state index >= 15 is 0 Å². The minimum atomic E-state index is -0.212. The van der Waals surface area contributed by atoms with Gasteiger partial charge in [0.1, 0.15) is 5.82 Å². The van der Waals surface area contributed by atoms with Gasteiger partial charge in [0, 0.05) is 37.9 Å². The van der Waals surface area contributed by atoms with Crippen LogP contribution < -0.4 is 16.0 Å². The van der Waals surface area contributed by atoms with Crippen molar-refractivity contribution in [2.75, 3.05) is 37.6 Å². The summed E-state index contributed by atoms with van der Waals surface area (Å²) in [6.07, 6.45) is 4.55. The smallest absolute Gasteiger partial charge is 0.237 e. The Balaban J connectivity index is 0.00000196. The summed E-state index contributed by atoms with van der Waals surface area (Å²) in [5, 5.41) is 3.25. The first kappa shape index (κ1) is 25.0. The molecule has 1 aromatic rings. The van der Waals surface area contributed by atoms with E-state index in [2.05, 4.69) is 15.1 Å². The maximum atomic E-state index is 13.1. The zero-order valence-corrected chi connectivity index (χ0v) is 18.1. The molecule has 0 spiro atoms. The van der Waals surface area contributed by atoms with Gasteiger partial charge >= 0.3 is 0 Å². The SMILES string of the molecule is CC(C(=O)NC1CCCCC1CN)N1CCN(c2ccc(F)cc2)CC1.Cl.Cl. The average Bonchev–Trinajstić information content (AvgIpc) is 2.68. The van der Waals surface area contributed by atoms with Gasteiger partial charge in [-0.05, 0) is 56.5 Å². The van der Waals surface area contributed by atoms with Crippen LogP contribution in [0.5, 0.6) is 0 Å². The number of nitrogens with two attached hydrogens (primary N) is 1. The Morgan fingerprint density at radius 1 is 1.14 bits per heavy atom. The molecule has 28 heavy (non-hydrogen) atoms. The standard InChI is InChI=1S/C20H31FN4O.2ClH/c1-15(20(26)23-19-5-3-2-4-16(19)14-22)24-10-12-25(13-11-24)18-8-6-17(21)7-9-18;;/h6-9,15-16,19H,2-5,10-14,22H2,1H3,(H,23,26);2*1H. The highest BCUT2D eigenvalue weighted by Crippen LogP contribution is 2.24. The fourth-order valence-corrected chi connectivity index (χ4v) is 4.17. The molecule has 3 atom stereocenters. The van der Waals surface area contributed by atoms with Crippen molar-refractivity contribution >= 4 is 36.4 Å². The largest absolute Gasteiger partial charge is 0.369 e. The third-order valence-corrected chi connectivity index (χ3v) is 5.97. The molecular weight excluding hydrogens is 402 g/mol. The molecular formula is C20H33Cl2FN4O. The number of nitrogens with one attached hydrogen (secondary N) is 1. The van der Waals surface area contributed by atoms with Gasteiger partial charge in [-0.15, -0.1) is 24.8 Å². The van der Waals surface area contributed by atoms with Crippen molar-refractivity contribution in [2.24, 2.45) is 11.7 Å². The van der Waals surface area contributed by atoms with Gasteiger partial charge in [-0.2, -0.15) is 0 Å². The maximum Gasteiger partial charge on any atom is 0.237 e. The van der Waals surface area contributed by atoms with E-state index in [1.165, 1.54) is 25.0 Å². The van der Waals surface area contributed by atoms with Gasteiger partial charge in [0.2, 0.25) is 5.91 Å². The molecule has 2 aliphatic rings. The fourth-order valence-electron chi connectivity index (χ4n) is 4.17. The van der Waals surface area contributed by atoms with E-state index in [1.54, 1.807) is 0 Å². The van der Waals surface area contributed by atoms with Crippen LogP contribution in [0.1, 0.15) is 32.6 Å². The van der Waals surface area contributed by atoms with E-state index in [0.717, 1.165) is 44.7 Å². The number of carbonyl (C=O) groups excluding carboxylic acids is 1. The number of amides is 1. The zero-order chi connectivity index (χ0) is 18.5. The zero-order valence-electron chi connectivity index (χ0n) is 16.5. The molecule has 1 saturated heterocycles. The normalized spacial score (nSPS) is 23.9. The van der Waals surface area contributed by atoms with Crippen molar-refractivity contribution in [3.8, 4) is 0 Å². The predicted octanol–water partition coefficient (Wildman–Crippen LogP) is 2.81. The molecule has 1 amide bonds. The highest BCUT2D eigenvalue weighted by atomic mass is 35.5. The number of nitrogens with zero attached hydrogens (tertiary/aromatic N) is 2. The monoisotopic (exact) mass is 434 g/mol.